The molecule has 0 aliphatic rings. The van der Waals surface area contributed by atoms with E-state index in [1.165, 1.54) is 6.08 Å². The summed E-state index contributed by atoms with van der Waals surface area (Å²) in [6.45, 7) is 3.93. The molecule has 0 aromatic heterocycles. The van der Waals surface area contributed by atoms with Gasteiger partial charge in [-0.15, -0.1) is 0 Å². The summed E-state index contributed by atoms with van der Waals surface area (Å²) < 4.78 is 0. The van der Waals surface area contributed by atoms with E-state index in [9.17, 15) is 9.90 Å². The molecule has 2 nitrogen and oxygen atoms in total. The van der Waals surface area contributed by atoms with Gasteiger partial charge in [-0.2, -0.15) is 0 Å². The van der Waals surface area contributed by atoms with Crippen molar-refractivity contribution in [1.29, 1.82) is 0 Å². The molecule has 0 unspecified atom stereocenters. The number of halogens is 2. The van der Waals surface area contributed by atoms with E-state index in [-0.39, 0.29) is 5.57 Å². The lowest BCUT2D eigenvalue weighted by Gasteiger charge is -2.08. The highest BCUT2D eigenvalue weighted by Crippen LogP contribution is 2.29. The van der Waals surface area contributed by atoms with E-state index in [2.05, 4.69) is 0 Å². The Balaban J connectivity index is 2.61. The molecule has 4 heteroatoms. The Bertz CT molecular complexity index is 713. The zero-order valence-electron chi connectivity index (χ0n) is 11.7. The van der Waals surface area contributed by atoms with Crippen LogP contribution < -0.4 is 0 Å². The van der Waals surface area contributed by atoms with Crippen LogP contribution in [-0.2, 0) is 4.79 Å². The van der Waals surface area contributed by atoms with Gasteiger partial charge in [0.2, 0.25) is 0 Å². The molecule has 0 atom stereocenters. The van der Waals surface area contributed by atoms with Crippen molar-refractivity contribution in [2.75, 3.05) is 0 Å². The molecule has 0 heterocycles. The third-order valence-electron chi connectivity index (χ3n) is 3.34. The van der Waals surface area contributed by atoms with Gasteiger partial charge in [0.1, 0.15) is 0 Å². The summed E-state index contributed by atoms with van der Waals surface area (Å²) >= 11 is 12.2. The predicted octanol–water partition coefficient (Wildman–Crippen LogP) is 5.24. The molecule has 1 N–H and O–H groups in total. The lowest BCUT2D eigenvalue weighted by atomic mass is 9.98. The van der Waals surface area contributed by atoms with Crippen LogP contribution in [0.4, 0.5) is 0 Å². The quantitative estimate of drug-likeness (QED) is 0.620. The number of carbonyl (C=O) groups is 1. The molecule has 2 rings (SSSR count). The van der Waals surface area contributed by atoms with Crippen LogP contribution in [0, 0.1) is 13.8 Å². The standard InChI is InChI=1S/C17H14Cl2O2/c1-10-6-7-12(8-11(10)2)13(17(20)21)9-14-15(18)4-3-5-16(14)19/h3-9H,1-2H3,(H,20,21)/b13-9-. The van der Waals surface area contributed by atoms with Crippen LogP contribution in [0.3, 0.4) is 0 Å². The molecule has 0 aliphatic heterocycles. The van der Waals surface area contributed by atoms with Crippen LogP contribution in [0.25, 0.3) is 11.6 Å². The molecule has 0 spiro atoms. The van der Waals surface area contributed by atoms with E-state index in [0.29, 0.717) is 21.2 Å². The maximum absolute atomic E-state index is 11.6. The lowest BCUT2D eigenvalue weighted by molar-refractivity contribution is -0.130. The molecular formula is C17H14Cl2O2. The van der Waals surface area contributed by atoms with Gasteiger partial charge < -0.3 is 5.11 Å². The van der Waals surface area contributed by atoms with Crippen molar-refractivity contribution < 1.29 is 9.90 Å². The minimum Gasteiger partial charge on any atom is -0.478 e. The number of hydrogen-bond acceptors (Lipinski definition) is 1. The van der Waals surface area contributed by atoms with Crippen molar-refractivity contribution in [3.05, 3.63) is 68.7 Å². The first-order chi connectivity index (χ1) is 9.90. The lowest BCUT2D eigenvalue weighted by Crippen LogP contribution is -2.00. The molecule has 0 aliphatic carbocycles. The van der Waals surface area contributed by atoms with Crippen molar-refractivity contribution in [3.8, 4) is 0 Å². The van der Waals surface area contributed by atoms with Gasteiger partial charge >= 0.3 is 5.97 Å². The van der Waals surface area contributed by atoms with E-state index in [4.69, 9.17) is 23.2 Å². The largest absolute Gasteiger partial charge is 0.478 e. The van der Waals surface area contributed by atoms with E-state index >= 15 is 0 Å². The van der Waals surface area contributed by atoms with E-state index in [1.807, 2.05) is 26.0 Å². The molecular weight excluding hydrogens is 307 g/mol. The molecule has 0 saturated carbocycles. The van der Waals surface area contributed by atoms with Gasteiger partial charge in [0.15, 0.2) is 0 Å². The third-order valence-corrected chi connectivity index (χ3v) is 4.00. The highest BCUT2D eigenvalue weighted by Gasteiger charge is 2.13. The fraction of sp³-hybridized carbons (Fsp3) is 0.118. The summed E-state index contributed by atoms with van der Waals surface area (Å²) in [5.74, 6) is -1.02. The molecule has 0 saturated heterocycles. The number of benzene rings is 2. The number of aliphatic carboxylic acids is 1. The van der Waals surface area contributed by atoms with Gasteiger partial charge in [-0.3, -0.25) is 0 Å². The Morgan fingerprint density at radius 2 is 1.67 bits per heavy atom. The second-order valence-corrected chi connectivity index (χ2v) is 5.61. The predicted molar refractivity (Wildman–Crippen MR) is 87.9 cm³/mol. The van der Waals surface area contributed by atoms with Gasteiger partial charge in [-0.05, 0) is 48.7 Å². The zero-order valence-corrected chi connectivity index (χ0v) is 13.2. The Hall–Kier alpha value is -1.77. The SMILES string of the molecule is Cc1ccc(/C(=C/c2c(Cl)cccc2Cl)C(=O)O)cc1C. The smallest absolute Gasteiger partial charge is 0.336 e. The van der Waals surface area contributed by atoms with Crippen LogP contribution in [0.5, 0.6) is 0 Å². The summed E-state index contributed by atoms with van der Waals surface area (Å²) in [6, 6.07) is 10.6. The molecule has 2 aromatic rings. The first-order valence-electron chi connectivity index (χ1n) is 6.37. The van der Waals surface area contributed by atoms with Gasteiger partial charge in [0.25, 0.3) is 0 Å². The Labute approximate surface area is 133 Å². The number of rotatable bonds is 3. The number of hydrogen-bond donors (Lipinski definition) is 1. The fourth-order valence-electron chi connectivity index (χ4n) is 1.97. The Morgan fingerprint density at radius 1 is 1.05 bits per heavy atom. The minimum absolute atomic E-state index is 0.160. The van der Waals surface area contributed by atoms with Crippen molar-refractivity contribution in [2.45, 2.75) is 13.8 Å². The van der Waals surface area contributed by atoms with Crippen molar-refractivity contribution in [3.63, 3.8) is 0 Å². The maximum atomic E-state index is 11.6. The van der Waals surface area contributed by atoms with Crippen LogP contribution in [0.15, 0.2) is 36.4 Å². The summed E-state index contributed by atoms with van der Waals surface area (Å²) in [5, 5.41) is 10.3. The fourth-order valence-corrected chi connectivity index (χ4v) is 2.48. The molecule has 0 amide bonds. The molecule has 0 radical (unpaired) electrons. The first kappa shape index (κ1) is 15.6. The topological polar surface area (TPSA) is 37.3 Å². The van der Waals surface area contributed by atoms with Gasteiger partial charge in [-0.25, -0.2) is 4.79 Å². The molecule has 108 valence electrons. The van der Waals surface area contributed by atoms with Gasteiger partial charge in [0.05, 0.1) is 5.57 Å². The summed E-state index contributed by atoms with van der Waals surface area (Å²) in [4.78, 5) is 11.6. The average Bonchev–Trinajstić information content (AvgIpc) is 2.41. The van der Waals surface area contributed by atoms with Gasteiger partial charge in [0, 0.05) is 15.6 Å². The van der Waals surface area contributed by atoms with Crippen LogP contribution in [-0.4, -0.2) is 11.1 Å². The Kier molecular flexibility index (Phi) is 4.71. The Morgan fingerprint density at radius 3 is 2.19 bits per heavy atom. The molecule has 0 bridgehead atoms. The monoisotopic (exact) mass is 320 g/mol. The minimum atomic E-state index is -1.02. The van der Waals surface area contributed by atoms with E-state index < -0.39 is 5.97 Å². The van der Waals surface area contributed by atoms with Crippen molar-refractivity contribution in [2.24, 2.45) is 0 Å². The molecule has 0 fully saturated rings. The number of carboxylic acids is 1. The van der Waals surface area contributed by atoms with Crippen LogP contribution in [0.2, 0.25) is 10.0 Å². The zero-order chi connectivity index (χ0) is 15.6. The van der Waals surface area contributed by atoms with Crippen LogP contribution >= 0.6 is 23.2 Å². The first-order valence-corrected chi connectivity index (χ1v) is 7.12. The molecule has 2 aromatic carbocycles. The summed E-state index contributed by atoms with van der Waals surface area (Å²) in [7, 11) is 0. The van der Waals surface area contributed by atoms with E-state index in [1.54, 1.807) is 24.3 Å². The van der Waals surface area contributed by atoms with Crippen LogP contribution in [0.1, 0.15) is 22.3 Å². The average molecular weight is 321 g/mol. The second-order valence-electron chi connectivity index (χ2n) is 4.80. The highest BCUT2D eigenvalue weighted by molar-refractivity contribution is 6.38. The van der Waals surface area contributed by atoms with E-state index in [0.717, 1.165) is 11.1 Å². The second kappa shape index (κ2) is 6.33. The maximum Gasteiger partial charge on any atom is 0.336 e. The number of carboxylic acid groups (broad SMARTS) is 1. The van der Waals surface area contributed by atoms with Crippen molar-refractivity contribution >= 4 is 40.8 Å². The third kappa shape index (κ3) is 3.46. The van der Waals surface area contributed by atoms with Gasteiger partial charge in [-0.1, -0.05) is 47.5 Å². The summed E-state index contributed by atoms with van der Waals surface area (Å²) in [6.07, 6.45) is 1.51. The highest BCUT2D eigenvalue weighted by atomic mass is 35.5. The number of aryl methyl sites for hydroxylation is 2. The normalized spacial score (nSPS) is 11.5. The van der Waals surface area contributed by atoms with Crippen molar-refractivity contribution in [1.82, 2.24) is 0 Å². The molecule has 21 heavy (non-hydrogen) atoms. The summed E-state index contributed by atoms with van der Waals surface area (Å²) in [5.41, 5.74) is 3.44.